The van der Waals surface area contributed by atoms with E-state index in [-0.39, 0.29) is 31.0 Å². The van der Waals surface area contributed by atoms with Gasteiger partial charge in [-0.05, 0) is 6.92 Å². The minimum Gasteiger partial charge on any atom is -0.481 e. The second kappa shape index (κ2) is 5.56. The number of hydrogen-bond donors (Lipinski definition) is 1. The first-order valence-electron chi connectivity index (χ1n) is 2.34. The molecule has 9 heavy (non-hydrogen) atoms. The molecular formula is C5H9ClO3. The first kappa shape index (κ1) is 11.3. The van der Waals surface area contributed by atoms with Gasteiger partial charge in [0.2, 0.25) is 0 Å². The summed E-state index contributed by atoms with van der Waals surface area (Å²) in [5.41, 5.74) is 0. The average Bonchev–Trinajstić information content (AvgIpc) is 1.61. The van der Waals surface area contributed by atoms with E-state index in [9.17, 15) is 9.59 Å². The fourth-order valence-corrected chi connectivity index (χ4v) is 0.283. The molecule has 0 aliphatic rings. The minimum atomic E-state index is -0.916. The Balaban J connectivity index is 0. The Morgan fingerprint density at radius 2 is 1.78 bits per heavy atom. The summed E-state index contributed by atoms with van der Waals surface area (Å²) < 4.78 is 0. The molecule has 54 valence electrons. The lowest BCUT2D eigenvalue weighted by Crippen LogP contribution is -1.98. The van der Waals surface area contributed by atoms with Crippen LogP contribution >= 0.6 is 12.4 Å². The number of hydrogen-bond acceptors (Lipinski definition) is 2. The molecule has 0 amide bonds. The SMILES string of the molecule is CC(=O)CCC(=O)O.Cl. The number of carbonyl (C=O) groups excluding carboxylic acids is 1. The number of carbonyl (C=O) groups is 2. The molecule has 0 rings (SSSR count). The van der Waals surface area contributed by atoms with Crippen LogP contribution in [0.25, 0.3) is 0 Å². The van der Waals surface area contributed by atoms with E-state index in [0.29, 0.717) is 0 Å². The van der Waals surface area contributed by atoms with E-state index in [4.69, 9.17) is 5.11 Å². The van der Waals surface area contributed by atoms with Crippen LogP contribution in [0.4, 0.5) is 0 Å². The van der Waals surface area contributed by atoms with Crippen LogP contribution in [0, 0.1) is 0 Å². The molecule has 0 aliphatic carbocycles. The van der Waals surface area contributed by atoms with Crippen molar-refractivity contribution in [2.45, 2.75) is 19.8 Å². The smallest absolute Gasteiger partial charge is 0.303 e. The number of halogens is 1. The molecule has 0 unspecified atom stereocenters. The van der Waals surface area contributed by atoms with Crippen LogP contribution in [0.2, 0.25) is 0 Å². The fourth-order valence-electron chi connectivity index (χ4n) is 0.283. The standard InChI is InChI=1S/C5H8O3.ClH/c1-4(6)2-3-5(7)8;/h2-3H2,1H3,(H,7,8);1H. The van der Waals surface area contributed by atoms with Crippen molar-refractivity contribution in [3.8, 4) is 0 Å². The van der Waals surface area contributed by atoms with E-state index < -0.39 is 5.97 Å². The zero-order chi connectivity index (χ0) is 6.57. The number of carboxylic acid groups (broad SMARTS) is 1. The topological polar surface area (TPSA) is 54.4 Å². The van der Waals surface area contributed by atoms with Crippen LogP contribution < -0.4 is 0 Å². The van der Waals surface area contributed by atoms with Crippen molar-refractivity contribution >= 4 is 24.2 Å². The normalized spacial score (nSPS) is 7.67. The molecule has 0 bridgehead atoms. The zero-order valence-electron chi connectivity index (χ0n) is 5.09. The summed E-state index contributed by atoms with van der Waals surface area (Å²) in [6.07, 6.45) is 0.102. The molecule has 0 saturated heterocycles. The number of aliphatic carboxylic acids is 1. The summed E-state index contributed by atoms with van der Waals surface area (Å²) in [5.74, 6) is -0.993. The Bertz CT molecular complexity index is 96.8. The van der Waals surface area contributed by atoms with Crippen molar-refractivity contribution < 1.29 is 14.7 Å². The second-order valence-electron chi connectivity index (χ2n) is 1.60. The molecule has 0 aromatic rings. The molecule has 0 heterocycles. The lowest BCUT2D eigenvalue weighted by Gasteiger charge is -1.86. The third-order valence-electron chi connectivity index (χ3n) is 0.691. The largest absolute Gasteiger partial charge is 0.481 e. The average molecular weight is 153 g/mol. The van der Waals surface area contributed by atoms with E-state index in [1.165, 1.54) is 6.92 Å². The molecule has 1 N–H and O–H groups in total. The first-order chi connectivity index (χ1) is 3.63. The summed E-state index contributed by atoms with van der Waals surface area (Å²) in [4.78, 5) is 19.8. The maximum absolute atomic E-state index is 10.1. The van der Waals surface area contributed by atoms with Crippen molar-refractivity contribution in [3.63, 3.8) is 0 Å². The third-order valence-corrected chi connectivity index (χ3v) is 0.691. The van der Waals surface area contributed by atoms with Crippen LogP contribution in [0.5, 0.6) is 0 Å². The molecule has 0 aromatic carbocycles. The van der Waals surface area contributed by atoms with Gasteiger partial charge in [-0.1, -0.05) is 0 Å². The predicted molar refractivity (Wildman–Crippen MR) is 34.8 cm³/mol. The highest BCUT2D eigenvalue weighted by molar-refractivity contribution is 5.85. The zero-order valence-corrected chi connectivity index (χ0v) is 5.90. The highest BCUT2D eigenvalue weighted by atomic mass is 35.5. The summed E-state index contributed by atoms with van der Waals surface area (Å²) in [6.45, 7) is 1.38. The lowest BCUT2D eigenvalue weighted by molar-refractivity contribution is -0.138. The van der Waals surface area contributed by atoms with Crippen molar-refractivity contribution in [2.75, 3.05) is 0 Å². The van der Waals surface area contributed by atoms with Crippen LogP contribution in [0.3, 0.4) is 0 Å². The van der Waals surface area contributed by atoms with Crippen LogP contribution in [-0.4, -0.2) is 16.9 Å². The van der Waals surface area contributed by atoms with Crippen LogP contribution in [-0.2, 0) is 9.59 Å². The van der Waals surface area contributed by atoms with Crippen LogP contribution in [0.15, 0.2) is 0 Å². The molecule has 3 nitrogen and oxygen atoms in total. The quantitative estimate of drug-likeness (QED) is 0.653. The van der Waals surface area contributed by atoms with Crippen molar-refractivity contribution in [1.82, 2.24) is 0 Å². The molecule has 0 aromatic heterocycles. The van der Waals surface area contributed by atoms with Gasteiger partial charge in [0.1, 0.15) is 5.78 Å². The van der Waals surface area contributed by atoms with Crippen LogP contribution in [0.1, 0.15) is 19.8 Å². The fraction of sp³-hybridized carbons (Fsp3) is 0.600. The molecule has 0 radical (unpaired) electrons. The van der Waals surface area contributed by atoms with Crippen molar-refractivity contribution in [3.05, 3.63) is 0 Å². The third kappa shape index (κ3) is 11.2. The Kier molecular flexibility index (Phi) is 6.96. The summed E-state index contributed by atoms with van der Waals surface area (Å²) in [6, 6.07) is 0. The molecule has 0 fully saturated rings. The molecule has 0 saturated carbocycles. The van der Waals surface area contributed by atoms with E-state index >= 15 is 0 Å². The van der Waals surface area contributed by atoms with E-state index in [2.05, 4.69) is 0 Å². The van der Waals surface area contributed by atoms with Gasteiger partial charge in [0.05, 0.1) is 6.42 Å². The maximum atomic E-state index is 10.1. The monoisotopic (exact) mass is 152 g/mol. The van der Waals surface area contributed by atoms with Gasteiger partial charge in [-0.15, -0.1) is 12.4 Å². The Labute approximate surface area is 59.5 Å². The maximum Gasteiger partial charge on any atom is 0.303 e. The summed E-state index contributed by atoms with van der Waals surface area (Å²) in [5, 5.41) is 8.01. The Morgan fingerprint density at radius 3 is 1.89 bits per heavy atom. The highest BCUT2D eigenvalue weighted by Gasteiger charge is 1.97. The Hall–Kier alpha value is -0.570. The lowest BCUT2D eigenvalue weighted by atomic mass is 10.2. The molecule has 0 aliphatic heterocycles. The van der Waals surface area contributed by atoms with E-state index in [1.807, 2.05) is 0 Å². The minimum absolute atomic E-state index is 0. The van der Waals surface area contributed by atoms with Gasteiger partial charge >= 0.3 is 5.97 Å². The van der Waals surface area contributed by atoms with Crippen molar-refractivity contribution in [2.24, 2.45) is 0 Å². The summed E-state index contributed by atoms with van der Waals surface area (Å²) >= 11 is 0. The summed E-state index contributed by atoms with van der Waals surface area (Å²) in [7, 11) is 0. The van der Waals surface area contributed by atoms with Gasteiger partial charge in [-0.3, -0.25) is 4.79 Å². The Morgan fingerprint density at radius 1 is 1.33 bits per heavy atom. The predicted octanol–water partition coefficient (Wildman–Crippen LogP) is 0.862. The van der Waals surface area contributed by atoms with Crippen molar-refractivity contribution in [1.29, 1.82) is 0 Å². The van der Waals surface area contributed by atoms with Gasteiger partial charge in [-0.2, -0.15) is 0 Å². The highest BCUT2D eigenvalue weighted by Crippen LogP contribution is 1.87. The first-order valence-corrected chi connectivity index (χ1v) is 2.34. The second-order valence-corrected chi connectivity index (χ2v) is 1.60. The van der Waals surface area contributed by atoms with Gasteiger partial charge in [0, 0.05) is 6.42 Å². The van der Waals surface area contributed by atoms with Gasteiger partial charge in [-0.25, -0.2) is 0 Å². The van der Waals surface area contributed by atoms with Gasteiger partial charge in [0.25, 0.3) is 0 Å². The molecular weight excluding hydrogens is 144 g/mol. The molecule has 0 spiro atoms. The van der Waals surface area contributed by atoms with Gasteiger partial charge in [0.15, 0.2) is 0 Å². The number of ketones is 1. The number of carboxylic acids is 1. The number of Topliss-reactive ketones (excluding diaryl/α,β-unsaturated/α-hetero) is 1. The van der Waals surface area contributed by atoms with E-state index in [1.54, 1.807) is 0 Å². The van der Waals surface area contributed by atoms with Gasteiger partial charge < -0.3 is 9.90 Å². The molecule has 4 heteroatoms. The van der Waals surface area contributed by atoms with E-state index in [0.717, 1.165) is 0 Å². The number of rotatable bonds is 3. The molecule has 0 atom stereocenters.